The minimum atomic E-state index is -2.79. The number of amides is 2. The monoisotopic (exact) mass is 535 g/mol. The maximum atomic E-state index is 13.6. The van der Waals surface area contributed by atoms with Crippen LogP contribution in [-0.4, -0.2) is 58.2 Å². The van der Waals surface area contributed by atoms with Gasteiger partial charge in [-0.05, 0) is 49.8 Å². The van der Waals surface area contributed by atoms with Gasteiger partial charge in [0.1, 0.15) is 0 Å². The number of hydrogen-bond donors (Lipinski definition) is 3. The summed E-state index contributed by atoms with van der Waals surface area (Å²) in [5, 5.41) is 20.4. The van der Waals surface area contributed by atoms with Gasteiger partial charge in [0.15, 0.2) is 13.9 Å². The second kappa shape index (κ2) is 10.1. The minimum Gasteiger partial charge on any atom is -0.432 e. The Labute approximate surface area is 222 Å². The molecule has 0 unspecified atom stereocenters. The topological polar surface area (TPSA) is 130 Å². The maximum Gasteiger partial charge on any atom is 0.261 e. The SMILES string of the molecule is C[C@H]1[C@H]([Si](C)(C)O)[C@@H](CCn2cc(CCO)nn2)O[C@]12C(=O)Nc1ccc(N(C=O)c3ccccc3)cc12. The summed E-state index contributed by atoms with van der Waals surface area (Å²) in [6, 6.07) is 14.7. The van der Waals surface area contributed by atoms with Crippen LogP contribution in [0, 0.1) is 5.92 Å². The molecule has 38 heavy (non-hydrogen) atoms. The first kappa shape index (κ1) is 26.2. The van der Waals surface area contributed by atoms with Crippen molar-refractivity contribution < 1.29 is 24.2 Å². The number of aryl methyl sites for hydroxylation is 1. The number of para-hydroxylation sites is 1. The molecule has 3 heterocycles. The van der Waals surface area contributed by atoms with Gasteiger partial charge in [0.25, 0.3) is 5.91 Å². The van der Waals surface area contributed by atoms with E-state index in [4.69, 9.17) is 9.84 Å². The highest BCUT2D eigenvalue weighted by atomic mass is 28.4. The van der Waals surface area contributed by atoms with Crippen molar-refractivity contribution in [3.8, 4) is 0 Å². The number of ether oxygens (including phenoxy) is 1. The van der Waals surface area contributed by atoms with Gasteiger partial charge < -0.3 is 20.0 Å². The summed E-state index contributed by atoms with van der Waals surface area (Å²) in [7, 11) is -2.79. The van der Waals surface area contributed by atoms with Crippen LogP contribution >= 0.6 is 0 Å². The number of hydrogen-bond acceptors (Lipinski definition) is 7. The van der Waals surface area contributed by atoms with Crippen molar-refractivity contribution in [3.63, 3.8) is 0 Å². The van der Waals surface area contributed by atoms with E-state index in [9.17, 15) is 14.4 Å². The van der Waals surface area contributed by atoms with Gasteiger partial charge in [-0.25, -0.2) is 0 Å². The van der Waals surface area contributed by atoms with Crippen molar-refractivity contribution in [1.82, 2.24) is 15.0 Å². The summed E-state index contributed by atoms with van der Waals surface area (Å²) in [5.41, 5.74) is 1.84. The first-order valence-electron chi connectivity index (χ1n) is 12.8. The van der Waals surface area contributed by atoms with Gasteiger partial charge in [0, 0.05) is 59.9 Å². The number of fused-ring (bicyclic) bond motifs is 2. The number of carbonyl (C=O) groups excluding carboxylic acids is 2. The number of nitrogens with zero attached hydrogens (tertiary/aromatic N) is 4. The Kier molecular flexibility index (Phi) is 6.95. The second-order valence-corrected chi connectivity index (χ2v) is 14.6. The summed E-state index contributed by atoms with van der Waals surface area (Å²) in [6.45, 7) is 6.23. The normalized spacial score (nSPS) is 24.4. The van der Waals surface area contributed by atoms with Crippen molar-refractivity contribution in [2.24, 2.45) is 5.92 Å². The lowest BCUT2D eigenvalue weighted by Crippen LogP contribution is -2.43. The van der Waals surface area contributed by atoms with E-state index in [1.807, 2.05) is 56.4 Å². The standard InChI is InChI=1S/C27H33N5O5Si/c1-18-25(38(2,3)36)24(11-13-31-16-19(12-14-33)29-30-31)37-27(18)22-15-21(9-10-23(22)28-26(27)35)32(17-34)20-7-5-4-6-8-20/h4-10,15-18,24-25,33,36H,11-14H2,1-3H3,(H,28,35)/t18-,24+,25-,27+/m0/s1. The van der Waals surface area contributed by atoms with Crippen LogP contribution < -0.4 is 10.2 Å². The zero-order valence-electron chi connectivity index (χ0n) is 21.7. The Morgan fingerprint density at radius 3 is 2.66 bits per heavy atom. The van der Waals surface area contributed by atoms with Crippen molar-refractivity contribution in [3.05, 3.63) is 66.0 Å². The van der Waals surface area contributed by atoms with Crippen LogP contribution in [0.25, 0.3) is 0 Å². The van der Waals surface area contributed by atoms with E-state index in [0.717, 1.165) is 6.41 Å². The minimum absolute atomic E-state index is 0.000840. The summed E-state index contributed by atoms with van der Waals surface area (Å²) in [5.74, 6) is -0.566. The highest BCUT2D eigenvalue weighted by Gasteiger charge is 2.64. The van der Waals surface area contributed by atoms with Crippen molar-refractivity contribution >= 4 is 37.7 Å². The van der Waals surface area contributed by atoms with Gasteiger partial charge >= 0.3 is 0 Å². The molecular formula is C27H33N5O5Si. The molecule has 2 aliphatic rings. The second-order valence-electron chi connectivity index (χ2n) is 10.6. The third kappa shape index (κ3) is 4.45. The van der Waals surface area contributed by atoms with Crippen molar-refractivity contribution in [1.29, 1.82) is 0 Å². The van der Waals surface area contributed by atoms with Crippen LogP contribution in [-0.2, 0) is 32.9 Å². The Morgan fingerprint density at radius 2 is 1.97 bits per heavy atom. The number of carbonyl (C=O) groups is 2. The summed E-state index contributed by atoms with van der Waals surface area (Å²) in [4.78, 5) is 38.6. The molecule has 3 aromatic rings. The molecule has 0 aliphatic carbocycles. The zero-order valence-corrected chi connectivity index (χ0v) is 22.7. The summed E-state index contributed by atoms with van der Waals surface area (Å²) < 4.78 is 8.41. The predicted octanol–water partition coefficient (Wildman–Crippen LogP) is 2.95. The number of nitrogens with one attached hydrogen (secondary N) is 1. The molecule has 2 aromatic carbocycles. The zero-order chi connectivity index (χ0) is 27.1. The van der Waals surface area contributed by atoms with Crippen LogP contribution in [0.15, 0.2) is 54.7 Å². The van der Waals surface area contributed by atoms with Crippen molar-refractivity contribution in [2.45, 2.75) is 56.7 Å². The molecule has 0 saturated carbocycles. The molecule has 4 atom stereocenters. The van der Waals surface area contributed by atoms with Gasteiger partial charge in [-0.15, -0.1) is 5.10 Å². The Morgan fingerprint density at radius 1 is 1.21 bits per heavy atom. The molecule has 2 aliphatic heterocycles. The Hall–Kier alpha value is -3.38. The molecule has 0 bridgehead atoms. The molecule has 0 radical (unpaired) electrons. The third-order valence-corrected chi connectivity index (χ3v) is 10.2. The number of anilines is 3. The van der Waals surface area contributed by atoms with Gasteiger partial charge in [-0.2, -0.15) is 0 Å². The van der Waals surface area contributed by atoms with Gasteiger partial charge in [0.05, 0.1) is 11.8 Å². The average Bonchev–Trinajstić information content (AvgIpc) is 3.54. The number of aliphatic hydroxyl groups excluding tert-OH is 1. The summed E-state index contributed by atoms with van der Waals surface area (Å²) >= 11 is 0. The van der Waals surface area contributed by atoms with Crippen LogP contribution in [0.4, 0.5) is 17.1 Å². The number of aliphatic hydroxyl groups is 1. The molecule has 11 heteroatoms. The first-order valence-corrected chi connectivity index (χ1v) is 15.9. The lowest BCUT2D eigenvalue weighted by Gasteiger charge is -2.32. The van der Waals surface area contributed by atoms with E-state index in [1.165, 1.54) is 4.90 Å². The quantitative estimate of drug-likeness (QED) is 0.284. The lowest BCUT2D eigenvalue weighted by molar-refractivity contribution is -0.143. The van der Waals surface area contributed by atoms with E-state index in [0.29, 0.717) is 47.7 Å². The highest BCUT2D eigenvalue weighted by Crippen LogP contribution is 2.58. The first-order chi connectivity index (χ1) is 18.2. The fourth-order valence-corrected chi connectivity index (χ4v) is 8.70. The maximum absolute atomic E-state index is 13.6. The van der Waals surface area contributed by atoms with Crippen molar-refractivity contribution in [2.75, 3.05) is 16.8 Å². The van der Waals surface area contributed by atoms with E-state index in [-0.39, 0.29) is 30.1 Å². The smallest absolute Gasteiger partial charge is 0.261 e. The number of benzene rings is 2. The van der Waals surface area contributed by atoms with E-state index >= 15 is 0 Å². The molecule has 1 aromatic heterocycles. The molecule has 200 valence electrons. The third-order valence-electron chi connectivity index (χ3n) is 7.74. The van der Waals surface area contributed by atoms with Crippen LogP contribution in [0.5, 0.6) is 0 Å². The highest BCUT2D eigenvalue weighted by molar-refractivity contribution is 6.71. The van der Waals surface area contributed by atoms with E-state index in [1.54, 1.807) is 23.0 Å². The average molecular weight is 536 g/mol. The molecule has 1 saturated heterocycles. The van der Waals surface area contributed by atoms with Gasteiger partial charge in [-0.3, -0.25) is 19.2 Å². The molecule has 2 amide bonds. The molecule has 3 N–H and O–H groups in total. The van der Waals surface area contributed by atoms with E-state index < -0.39 is 13.9 Å². The predicted molar refractivity (Wildman–Crippen MR) is 144 cm³/mol. The molecule has 1 fully saturated rings. The largest absolute Gasteiger partial charge is 0.432 e. The fourth-order valence-electron chi connectivity index (χ4n) is 6.10. The fraction of sp³-hybridized carbons (Fsp3) is 0.407. The number of rotatable bonds is 9. The van der Waals surface area contributed by atoms with Crippen LogP contribution in [0.3, 0.4) is 0 Å². The van der Waals surface area contributed by atoms with Crippen LogP contribution in [0.1, 0.15) is 24.6 Å². The summed E-state index contributed by atoms with van der Waals surface area (Å²) in [6.07, 6.45) is 3.12. The van der Waals surface area contributed by atoms with E-state index in [2.05, 4.69) is 15.6 Å². The lowest BCUT2D eigenvalue weighted by atomic mass is 9.82. The molecule has 5 rings (SSSR count). The number of aromatic nitrogens is 3. The van der Waals surface area contributed by atoms with Gasteiger partial charge in [-0.1, -0.05) is 30.3 Å². The molecule has 10 nitrogen and oxygen atoms in total. The van der Waals surface area contributed by atoms with Crippen LogP contribution in [0.2, 0.25) is 18.6 Å². The van der Waals surface area contributed by atoms with Gasteiger partial charge in [0.2, 0.25) is 6.41 Å². The molecular weight excluding hydrogens is 502 g/mol. The Bertz CT molecular complexity index is 1330. The Balaban J connectivity index is 1.50. The molecule has 1 spiro atoms.